The Balaban J connectivity index is 1.64. The summed E-state index contributed by atoms with van der Waals surface area (Å²) in [5.74, 6) is 0.678. The van der Waals surface area contributed by atoms with Gasteiger partial charge in [-0.3, -0.25) is 4.90 Å². The molecular formula is C21H32N2O2. The highest BCUT2D eigenvalue weighted by Gasteiger charge is 2.35. The minimum absolute atomic E-state index is 0.133. The van der Waals surface area contributed by atoms with Crippen molar-refractivity contribution in [3.63, 3.8) is 0 Å². The molecule has 1 aromatic rings. The molecule has 1 atom stereocenters. The molecule has 0 bridgehead atoms. The molecule has 25 heavy (non-hydrogen) atoms. The predicted octanol–water partition coefficient (Wildman–Crippen LogP) is 4.30. The van der Waals surface area contributed by atoms with Crippen LogP contribution in [0.2, 0.25) is 0 Å². The van der Waals surface area contributed by atoms with E-state index in [1.165, 1.54) is 18.4 Å². The lowest BCUT2D eigenvalue weighted by molar-refractivity contribution is 0.00440. The summed E-state index contributed by atoms with van der Waals surface area (Å²) in [6.45, 7) is 9.72. The highest BCUT2D eigenvalue weighted by molar-refractivity contribution is 5.68. The average Bonchev–Trinajstić information content (AvgIpc) is 3.36. The van der Waals surface area contributed by atoms with Gasteiger partial charge in [0.15, 0.2) is 0 Å². The van der Waals surface area contributed by atoms with E-state index < -0.39 is 5.60 Å². The van der Waals surface area contributed by atoms with Gasteiger partial charge in [-0.1, -0.05) is 30.3 Å². The number of amides is 1. The second kappa shape index (κ2) is 7.77. The van der Waals surface area contributed by atoms with Crippen LogP contribution in [0, 0.1) is 5.92 Å². The molecule has 0 aromatic heterocycles. The van der Waals surface area contributed by atoms with Crippen molar-refractivity contribution in [2.75, 3.05) is 19.6 Å². The van der Waals surface area contributed by atoms with E-state index in [1.807, 2.05) is 25.7 Å². The molecule has 1 saturated heterocycles. The van der Waals surface area contributed by atoms with Crippen LogP contribution in [0.25, 0.3) is 0 Å². The standard InChI is InChI=1S/C21H32N2O2/c1-21(2,3)25-20(24)23(15-18-11-12-18)19-10-7-13-22(16-19)14-17-8-5-4-6-9-17/h4-6,8-9,18-19H,7,10-16H2,1-3H3/t19-/m1/s1. The highest BCUT2D eigenvalue weighted by atomic mass is 16.6. The van der Waals surface area contributed by atoms with E-state index >= 15 is 0 Å². The molecule has 1 saturated carbocycles. The third-order valence-electron chi connectivity index (χ3n) is 4.95. The van der Waals surface area contributed by atoms with Gasteiger partial charge in [0.2, 0.25) is 0 Å². The molecule has 1 aliphatic heterocycles. The summed E-state index contributed by atoms with van der Waals surface area (Å²) in [5, 5.41) is 0. The summed E-state index contributed by atoms with van der Waals surface area (Å²) < 4.78 is 5.70. The van der Waals surface area contributed by atoms with Gasteiger partial charge in [0.05, 0.1) is 0 Å². The van der Waals surface area contributed by atoms with Crippen LogP contribution < -0.4 is 0 Å². The van der Waals surface area contributed by atoms with Gasteiger partial charge in [0.25, 0.3) is 0 Å². The Kier molecular flexibility index (Phi) is 5.67. The molecule has 0 unspecified atom stereocenters. The maximum Gasteiger partial charge on any atom is 0.410 e. The van der Waals surface area contributed by atoms with Crippen LogP contribution in [0.15, 0.2) is 30.3 Å². The molecule has 2 fully saturated rings. The quantitative estimate of drug-likeness (QED) is 0.798. The van der Waals surface area contributed by atoms with Crippen LogP contribution >= 0.6 is 0 Å². The van der Waals surface area contributed by atoms with Gasteiger partial charge in [-0.25, -0.2) is 4.79 Å². The highest BCUT2D eigenvalue weighted by Crippen LogP contribution is 2.32. The minimum atomic E-state index is -0.433. The van der Waals surface area contributed by atoms with Crippen molar-refractivity contribution in [1.29, 1.82) is 0 Å². The second-order valence-corrected chi connectivity index (χ2v) is 8.59. The van der Waals surface area contributed by atoms with Crippen LogP contribution in [0.5, 0.6) is 0 Å². The molecule has 1 amide bonds. The molecule has 1 heterocycles. The number of benzene rings is 1. The zero-order chi connectivity index (χ0) is 17.9. The first-order valence-corrected chi connectivity index (χ1v) is 9.66. The van der Waals surface area contributed by atoms with Crippen molar-refractivity contribution < 1.29 is 9.53 Å². The fraction of sp³-hybridized carbons (Fsp3) is 0.667. The lowest BCUT2D eigenvalue weighted by atomic mass is 10.0. The number of nitrogens with zero attached hydrogens (tertiary/aromatic N) is 2. The largest absolute Gasteiger partial charge is 0.444 e. The van der Waals surface area contributed by atoms with Crippen molar-refractivity contribution in [1.82, 2.24) is 9.80 Å². The zero-order valence-electron chi connectivity index (χ0n) is 15.9. The van der Waals surface area contributed by atoms with Gasteiger partial charge in [-0.2, -0.15) is 0 Å². The first-order chi connectivity index (χ1) is 11.9. The van der Waals surface area contributed by atoms with Gasteiger partial charge in [-0.15, -0.1) is 0 Å². The number of hydrogen-bond donors (Lipinski definition) is 0. The van der Waals surface area contributed by atoms with E-state index in [1.54, 1.807) is 0 Å². The molecule has 1 aromatic carbocycles. The average molecular weight is 344 g/mol. The van der Waals surface area contributed by atoms with E-state index in [0.717, 1.165) is 39.0 Å². The lowest BCUT2D eigenvalue weighted by Gasteiger charge is -2.40. The van der Waals surface area contributed by atoms with Crippen molar-refractivity contribution in [2.24, 2.45) is 5.92 Å². The van der Waals surface area contributed by atoms with Gasteiger partial charge in [0, 0.05) is 25.7 Å². The van der Waals surface area contributed by atoms with Gasteiger partial charge >= 0.3 is 6.09 Å². The topological polar surface area (TPSA) is 32.8 Å². The minimum Gasteiger partial charge on any atom is -0.444 e. The first kappa shape index (κ1) is 18.2. The molecule has 0 N–H and O–H groups in total. The first-order valence-electron chi connectivity index (χ1n) is 9.66. The van der Waals surface area contributed by atoms with E-state index in [0.29, 0.717) is 5.92 Å². The van der Waals surface area contributed by atoms with Crippen molar-refractivity contribution in [2.45, 2.75) is 64.6 Å². The number of carbonyl (C=O) groups is 1. The van der Waals surface area contributed by atoms with Crippen molar-refractivity contribution in [3.8, 4) is 0 Å². The van der Waals surface area contributed by atoms with Crippen LogP contribution in [-0.2, 0) is 11.3 Å². The summed E-state index contributed by atoms with van der Waals surface area (Å²) >= 11 is 0. The molecule has 138 valence electrons. The van der Waals surface area contributed by atoms with Crippen molar-refractivity contribution >= 4 is 6.09 Å². The molecule has 4 nitrogen and oxygen atoms in total. The number of ether oxygens (including phenoxy) is 1. The van der Waals surface area contributed by atoms with Crippen LogP contribution in [-0.4, -0.2) is 47.2 Å². The summed E-state index contributed by atoms with van der Waals surface area (Å²) in [4.78, 5) is 17.3. The number of hydrogen-bond acceptors (Lipinski definition) is 3. The fourth-order valence-corrected chi connectivity index (χ4v) is 3.54. The Morgan fingerprint density at radius 2 is 1.92 bits per heavy atom. The monoisotopic (exact) mass is 344 g/mol. The number of likely N-dealkylation sites (tertiary alicyclic amines) is 1. The van der Waals surface area contributed by atoms with Crippen molar-refractivity contribution in [3.05, 3.63) is 35.9 Å². The zero-order valence-corrected chi connectivity index (χ0v) is 15.9. The molecule has 3 rings (SSSR count). The number of rotatable bonds is 5. The van der Waals surface area contributed by atoms with E-state index in [2.05, 4.69) is 35.2 Å². The Bertz CT molecular complexity index is 563. The van der Waals surface area contributed by atoms with E-state index in [9.17, 15) is 4.79 Å². The van der Waals surface area contributed by atoms with E-state index in [4.69, 9.17) is 4.74 Å². The normalized spacial score (nSPS) is 21.8. The maximum atomic E-state index is 12.8. The van der Waals surface area contributed by atoms with Gasteiger partial charge < -0.3 is 9.64 Å². The molecule has 4 heteroatoms. The number of piperidine rings is 1. The SMILES string of the molecule is CC(C)(C)OC(=O)N(CC1CC1)[C@@H]1CCCN(Cc2ccccc2)C1. The van der Waals surface area contributed by atoms with Gasteiger partial charge in [0.1, 0.15) is 5.60 Å². The molecule has 0 radical (unpaired) electrons. The third-order valence-corrected chi connectivity index (χ3v) is 4.95. The molecule has 1 aliphatic carbocycles. The summed E-state index contributed by atoms with van der Waals surface area (Å²) in [7, 11) is 0. The molecular weight excluding hydrogens is 312 g/mol. The summed E-state index contributed by atoms with van der Waals surface area (Å²) in [5.41, 5.74) is 0.909. The Morgan fingerprint density at radius 3 is 2.56 bits per heavy atom. The Labute approximate surface area is 152 Å². The number of carbonyl (C=O) groups excluding carboxylic acids is 1. The fourth-order valence-electron chi connectivity index (χ4n) is 3.54. The van der Waals surface area contributed by atoms with Crippen LogP contribution in [0.1, 0.15) is 52.0 Å². The Hall–Kier alpha value is -1.55. The maximum absolute atomic E-state index is 12.8. The lowest BCUT2D eigenvalue weighted by Crippen LogP contribution is -2.51. The summed E-state index contributed by atoms with van der Waals surface area (Å²) in [6.07, 6.45) is 4.59. The van der Waals surface area contributed by atoms with E-state index in [-0.39, 0.29) is 12.1 Å². The van der Waals surface area contributed by atoms with Crippen LogP contribution in [0.3, 0.4) is 0 Å². The van der Waals surface area contributed by atoms with Gasteiger partial charge in [-0.05, 0) is 64.5 Å². The second-order valence-electron chi connectivity index (χ2n) is 8.59. The summed E-state index contributed by atoms with van der Waals surface area (Å²) in [6, 6.07) is 10.9. The Morgan fingerprint density at radius 1 is 1.20 bits per heavy atom. The predicted molar refractivity (Wildman–Crippen MR) is 100 cm³/mol. The molecule has 2 aliphatic rings. The van der Waals surface area contributed by atoms with Crippen LogP contribution in [0.4, 0.5) is 4.79 Å². The molecule has 0 spiro atoms. The smallest absolute Gasteiger partial charge is 0.410 e. The third kappa shape index (κ3) is 5.74.